The number of nitrogens with one attached hydrogen (secondary N) is 1. The molecule has 0 aliphatic heterocycles. The van der Waals surface area contributed by atoms with Crippen molar-refractivity contribution >= 4 is 28.8 Å². The van der Waals surface area contributed by atoms with Gasteiger partial charge in [0.25, 0.3) is 0 Å². The van der Waals surface area contributed by atoms with Crippen LogP contribution in [0.25, 0.3) is 0 Å². The highest BCUT2D eigenvalue weighted by Crippen LogP contribution is 2.22. The van der Waals surface area contributed by atoms with Crippen molar-refractivity contribution in [1.82, 2.24) is 5.32 Å². The lowest BCUT2D eigenvalue weighted by molar-refractivity contribution is -0.121. The van der Waals surface area contributed by atoms with Gasteiger partial charge in [0.15, 0.2) is 0 Å². The first-order valence-electron chi connectivity index (χ1n) is 5.98. The van der Waals surface area contributed by atoms with Gasteiger partial charge in [0.1, 0.15) is 0 Å². The molecule has 1 aromatic heterocycles. The van der Waals surface area contributed by atoms with Gasteiger partial charge in [-0.2, -0.15) is 0 Å². The van der Waals surface area contributed by atoms with Gasteiger partial charge in [-0.3, -0.25) is 4.79 Å². The SMILES string of the molecule is CC(C)(C)C(O)CNC(=O)CCc1ccc(Cl)s1. The normalized spacial score (nSPS) is 13.4. The Morgan fingerprint density at radius 2 is 2.17 bits per heavy atom. The number of carbonyl (C=O) groups excluding carboxylic acids is 1. The highest BCUT2D eigenvalue weighted by Gasteiger charge is 2.22. The summed E-state index contributed by atoms with van der Waals surface area (Å²) in [7, 11) is 0. The van der Waals surface area contributed by atoms with Gasteiger partial charge in [-0.25, -0.2) is 0 Å². The zero-order chi connectivity index (χ0) is 13.8. The van der Waals surface area contributed by atoms with E-state index in [1.165, 1.54) is 11.3 Å². The first-order valence-corrected chi connectivity index (χ1v) is 7.17. The predicted molar refractivity (Wildman–Crippen MR) is 76.1 cm³/mol. The average Bonchev–Trinajstić information content (AvgIpc) is 2.67. The topological polar surface area (TPSA) is 49.3 Å². The van der Waals surface area contributed by atoms with Crippen LogP contribution < -0.4 is 5.32 Å². The van der Waals surface area contributed by atoms with Crippen LogP contribution in [0.2, 0.25) is 4.34 Å². The van der Waals surface area contributed by atoms with Crippen LogP contribution in [0.3, 0.4) is 0 Å². The van der Waals surface area contributed by atoms with Crippen LogP contribution in [0.15, 0.2) is 12.1 Å². The number of thiophene rings is 1. The van der Waals surface area contributed by atoms with Crippen LogP contribution in [-0.4, -0.2) is 23.7 Å². The summed E-state index contributed by atoms with van der Waals surface area (Å²) in [6.07, 6.45) is 0.584. The van der Waals surface area contributed by atoms with E-state index in [0.29, 0.717) is 19.4 Å². The first kappa shape index (κ1) is 15.5. The summed E-state index contributed by atoms with van der Waals surface area (Å²) >= 11 is 7.31. The van der Waals surface area contributed by atoms with E-state index in [1.807, 2.05) is 32.9 Å². The van der Waals surface area contributed by atoms with E-state index < -0.39 is 6.10 Å². The zero-order valence-corrected chi connectivity index (χ0v) is 12.6. The van der Waals surface area contributed by atoms with Crippen molar-refractivity contribution < 1.29 is 9.90 Å². The fourth-order valence-electron chi connectivity index (χ4n) is 1.33. The number of halogens is 1. The molecule has 1 heterocycles. The maximum absolute atomic E-state index is 11.6. The van der Waals surface area contributed by atoms with E-state index in [4.69, 9.17) is 11.6 Å². The van der Waals surface area contributed by atoms with E-state index in [0.717, 1.165) is 9.21 Å². The quantitative estimate of drug-likeness (QED) is 0.876. The number of aryl methyl sites for hydroxylation is 1. The molecule has 1 aromatic rings. The van der Waals surface area contributed by atoms with E-state index in [2.05, 4.69) is 5.32 Å². The number of aliphatic hydroxyl groups is 1. The van der Waals surface area contributed by atoms with Gasteiger partial charge in [-0.15, -0.1) is 11.3 Å². The van der Waals surface area contributed by atoms with Crippen LogP contribution in [0.1, 0.15) is 32.1 Å². The van der Waals surface area contributed by atoms with Gasteiger partial charge in [0, 0.05) is 17.8 Å². The second kappa shape index (κ2) is 6.55. The molecule has 1 unspecified atom stereocenters. The molecule has 0 saturated heterocycles. The second-order valence-corrected chi connectivity index (χ2v) is 7.19. The molecular formula is C13H20ClNO2S. The molecule has 1 rings (SSSR count). The molecule has 1 atom stereocenters. The summed E-state index contributed by atoms with van der Waals surface area (Å²) in [6, 6.07) is 3.77. The van der Waals surface area contributed by atoms with E-state index >= 15 is 0 Å². The van der Waals surface area contributed by atoms with Crippen molar-refractivity contribution in [3.63, 3.8) is 0 Å². The lowest BCUT2D eigenvalue weighted by Gasteiger charge is -2.25. The molecule has 1 amide bonds. The lowest BCUT2D eigenvalue weighted by atomic mass is 9.89. The average molecular weight is 290 g/mol. The highest BCUT2D eigenvalue weighted by molar-refractivity contribution is 7.16. The third-order valence-corrected chi connectivity index (χ3v) is 4.01. The summed E-state index contributed by atoms with van der Waals surface area (Å²) in [5.74, 6) is -0.0391. The lowest BCUT2D eigenvalue weighted by Crippen LogP contribution is -2.39. The summed E-state index contributed by atoms with van der Waals surface area (Å²) in [5, 5.41) is 12.5. The van der Waals surface area contributed by atoms with Crippen molar-refractivity contribution in [2.24, 2.45) is 5.41 Å². The molecule has 102 valence electrons. The van der Waals surface area contributed by atoms with Crippen molar-refractivity contribution in [3.8, 4) is 0 Å². The molecule has 0 saturated carbocycles. The summed E-state index contributed by atoms with van der Waals surface area (Å²) < 4.78 is 0.744. The van der Waals surface area contributed by atoms with Crippen LogP contribution in [0, 0.1) is 5.41 Å². The van der Waals surface area contributed by atoms with Crippen molar-refractivity contribution in [2.75, 3.05) is 6.54 Å². The fraction of sp³-hybridized carbons (Fsp3) is 0.615. The minimum atomic E-state index is -0.530. The number of amides is 1. The fourth-order valence-corrected chi connectivity index (χ4v) is 2.41. The standard InChI is InChI=1S/C13H20ClNO2S/c1-13(2,3)10(16)8-15-12(17)7-5-9-4-6-11(14)18-9/h4,6,10,16H,5,7-8H2,1-3H3,(H,15,17). The molecule has 2 N–H and O–H groups in total. The zero-order valence-electron chi connectivity index (χ0n) is 11.0. The molecular weight excluding hydrogens is 270 g/mol. The maximum Gasteiger partial charge on any atom is 0.220 e. The minimum Gasteiger partial charge on any atom is -0.391 e. The molecule has 0 aliphatic rings. The van der Waals surface area contributed by atoms with E-state index in [9.17, 15) is 9.90 Å². The van der Waals surface area contributed by atoms with Crippen molar-refractivity contribution in [1.29, 1.82) is 0 Å². The third kappa shape index (κ3) is 5.38. The molecule has 0 aliphatic carbocycles. The Kier molecular flexibility index (Phi) is 5.63. The summed E-state index contributed by atoms with van der Waals surface area (Å²) in [4.78, 5) is 12.7. The Labute approximate surface area is 117 Å². The number of hydrogen-bond acceptors (Lipinski definition) is 3. The molecule has 0 aromatic carbocycles. The summed E-state index contributed by atoms with van der Waals surface area (Å²) in [6.45, 7) is 6.12. The molecule has 18 heavy (non-hydrogen) atoms. The van der Waals surface area contributed by atoms with Crippen LogP contribution in [0.5, 0.6) is 0 Å². The van der Waals surface area contributed by atoms with Gasteiger partial charge < -0.3 is 10.4 Å². The number of carbonyl (C=O) groups is 1. The van der Waals surface area contributed by atoms with E-state index in [-0.39, 0.29) is 11.3 Å². The number of aliphatic hydroxyl groups excluding tert-OH is 1. The Bertz CT molecular complexity index is 398. The highest BCUT2D eigenvalue weighted by atomic mass is 35.5. The van der Waals surface area contributed by atoms with Gasteiger partial charge in [-0.1, -0.05) is 32.4 Å². The molecule has 0 radical (unpaired) electrons. The monoisotopic (exact) mass is 289 g/mol. The predicted octanol–water partition coefficient (Wildman–Crippen LogP) is 2.86. The maximum atomic E-state index is 11.6. The molecule has 0 spiro atoms. The van der Waals surface area contributed by atoms with Crippen LogP contribution in [0.4, 0.5) is 0 Å². The number of hydrogen-bond donors (Lipinski definition) is 2. The Balaban J connectivity index is 2.26. The smallest absolute Gasteiger partial charge is 0.220 e. The largest absolute Gasteiger partial charge is 0.391 e. The Hall–Kier alpha value is -0.580. The second-order valence-electron chi connectivity index (χ2n) is 5.39. The Morgan fingerprint density at radius 1 is 1.50 bits per heavy atom. The third-order valence-electron chi connectivity index (χ3n) is 2.72. The molecule has 5 heteroatoms. The molecule has 0 fully saturated rings. The van der Waals surface area contributed by atoms with Crippen molar-refractivity contribution in [2.45, 2.75) is 39.7 Å². The van der Waals surface area contributed by atoms with Gasteiger partial charge in [0.2, 0.25) is 5.91 Å². The Morgan fingerprint density at radius 3 is 2.67 bits per heavy atom. The van der Waals surface area contributed by atoms with Crippen LogP contribution in [-0.2, 0) is 11.2 Å². The van der Waals surface area contributed by atoms with Crippen LogP contribution >= 0.6 is 22.9 Å². The minimum absolute atomic E-state index is 0.0391. The summed E-state index contributed by atoms with van der Waals surface area (Å²) in [5.41, 5.74) is -0.214. The van der Waals surface area contributed by atoms with Gasteiger partial charge in [-0.05, 0) is 24.0 Å². The van der Waals surface area contributed by atoms with E-state index in [1.54, 1.807) is 0 Å². The van der Waals surface area contributed by atoms with Gasteiger partial charge >= 0.3 is 0 Å². The molecule has 0 bridgehead atoms. The first-order chi connectivity index (χ1) is 8.29. The molecule has 3 nitrogen and oxygen atoms in total. The number of rotatable bonds is 5. The van der Waals surface area contributed by atoms with Crippen molar-refractivity contribution in [3.05, 3.63) is 21.3 Å². The van der Waals surface area contributed by atoms with Gasteiger partial charge in [0.05, 0.1) is 10.4 Å².